The van der Waals surface area contributed by atoms with Crippen molar-refractivity contribution in [2.75, 3.05) is 13.1 Å². The van der Waals surface area contributed by atoms with Crippen LogP contribution >= 0.6 is 27.5 Å². The molecule has 3 nitrogen and oxygen atoms in total. The molecular formula is C9H13BIN2OP. The summed E-state index contributed by atoms with van der Waals surface area (Å²) in [7, 11) is 5.82. The first-order chi connectivity index (χ1) is 7.15. The van der Waals surface area contributed by atoms with Crippen molar-refractivity contribution in [2.24, 2.45) is 5.73 Å². The predicted molar refractivity (Wildman–Crippen MR) is 75.2 cm³/mol. The molecule has 1 unspecified atom stereocenters. The van der Waals surface area contributed by atoms with Crippen LogP contribution in [0.15, 0.2) is 18.2 Å². The molecule has 1 aromatic rings. The van der Waals surface area contributed by atoms with Gasteiger partial charge in [0, 0.05) is 25.2 Å². The Morgan fingerprint density at radius 3 is 2.87 bits per heavy atom. The average Bonchev–Trinajstić information content (AvgIpc) is 2.20. The van der Waals surface area contributed by atoms with E-state index in [0.717, 1.165) is 17.4 Å². The first-order valence-corrected chi connectivity index (χ1v) is 8.78. The number of hydrogen-bond acceptors (Lipinski definition) is 3. The zero-order chi connectivity index (χ0) is 11.3. The van der Waals surface area contributed by atoms with Crippen LogP contribution in [0.5, 0.6) is 5.75 Å². The molecule has 15 heavy (non-hydrogen) atoms. The van der Waals surface area contributed by atoms with Gasteiger partial charge in [-0.1, -0.05) is 33.5 Å². The van der Waals surface area contributed by atoms with Gasteiger partial charge in [0.05, 0.1) is 0 Å². The monoisotopic (exact) mass is 334 g/mol. The van der Waals surface area contributed by atoms with Crippen molar-refractivity contribution >= 4 is 40.4 Å². The molecule has 0 aromatic heterocycles. The van der Waals surface area contributed by atoms with Gasteiger partial charge < -0.3 is 16.2 Å². The van der Waals surface area contributed by atoms with Crippen molar-refractivity contribution < 1.29 is 5.11 Å². The zero-order valence-electron chi connectivity index (χ0n) is 8.28. The number of nitrogens with one attached hydrogen (secondary N) is 1. The van der Waals surface area contributed by atoms with E-state index in [9.17, 15) is 5.11 Å². The van der Waals surface area contributed by atoms with E-state index in [-0.39, 0.29) is 0 Å². The van der Waals surface area contributed by atoms with Gasteiger partial charge in [0.15, 0.2) is 0 Å². The number of hydrogen-bond donors (Lipinski definition) is 3. The molecule has 0 spiro atoms. The fourth-order valence-electron chi connectivity index (χ4n) is 1.17. The maximum Gasteiger partial charge on any atom is 0.129 e. The molecular weight excluding hydrogens is 321 g/mol. The van der Waals surface area contributed by atoms with Crippen LogP contribution in [0, 0.1) is 0 Å². The molecule has 0 bridgehead atoms. The van der Waals surface area contributed by atoms with Gasteiger partial charge >= 0.3 is 0 Å². The predicted octanol–water partition coefficient (Wildman–Crippen LogP) is 0.981. The Kier molecular flexibility index (Phi) is 5.90. The minimum absolute atomic E-state index is 0.302. The SMILES string of the molecule is [B]P(I)c1ccc(O)c(CNCCN)c1. The quantitative estimate of drug-likeness (QED) is 0.326. The Balaban J connectivity index is 2.72. The molecule has 80 valence electrons. The minimum Gasteiger partial charge on any atom is -0.508 e. The van der Waals surface area contributed by atoms with Crippen LogP contribution in [0.2, 0.25) is 0 Å². The van der Waals surface area contributed by atoms with Crippen LogP contribution in [0.4, 0.5) is 0 Å². The van der Waals surface area contributed by atoms with Crippen LogP contribution in [0.1, 0.15) is 5.56 Å². The summed E-state index contributed by atoms with van der Waals surface area (Å²) in [5.74, 6) is 0.302. The number of halogens is 1. The Morgan fingerprint density at radius 1 is 1.53 bits per heavy atom. The molecule has 6 heteroatoms. The number of benzene rings is 1. The van der Waals surface area contributed by atoms with E-state index in [1.54, 1.807) is 6.07 Å². The molecule has 2 radical (unpaired) electrons. The first-order valence-electron chi connectivity index (χ1n) is 4.58. The highest BCUT2D eigenvalue weighted by molar-refractivity contribution is 14.2. The number of phenols is 1. The number of rotatable bonds is 5. The summed E-state index contributed by atoms with van der Waals surface area (Å²) in [6, 6.07) is 5.49. The molecule has 1 aromatic carbocycles. The molecule has 0 heterocycles. The van der Waals surface area contributed by atoms with E-state index < -0.39 is 5.44 Å². The average molecular weight is 334 g/mol. The number of nitrogens with two attached hydrogens (primary N) is 1. The van der Waals surface area contributed by atoms with E-state index in [2.05, 4.69) is 27.4 Å². The molecule has 0 aliphatic carbocycles. The van der Waals surface area contributed by atoms with E-state index >= 15 is 0 Å². The van der Waals surface area contributed by atoms with E-state index in [1.807, 2.05) is 12.1 Å². The van der Waals surface area contributed by atoms with Crippen LogP contribution in [0.25, 0.3) is 0 Å². The van der Waals surface area contributed by atoms with E-state index in [1.165, 1.54) is 0 Å². The summed E-state index contributed by atoms with van der Waals surface area (Å²) >= 11 is 2.20. The van der Waals surface area contributed by atoms with Crippen LogP contribution < -0.4 is 16.4 Å². The lowest BCUT2D eigenvalue weighted by molar-refractivity contribution is 0.465. The lowest BCUT2D eigenvalue weighted by Crippen LogP contribution is -2.22. The summed E-state index contributed by atoms with van der Waals surface area (Å²) in [6.07, 6.45) is 0. The van der Waals surface area contributed by atoms with Crippen LogP contribution in [0.3, 0.4) is 0 Å². The molecule has 0 amide bonds. The van der Waals surface area contributed by atoms with Gasteiger partial charge in [-0.25, -0.2) is 0 Å². The Labute approximate surface area is 105 Å². The molecule has 0 aliphatic rings. The Hall–Kier alpha value is 0.165. The van der Waals surface area contributed by atoms with Gasteiger partial charge in [0.2, 0.25) is 0 Å². The smallest absolute Gasteiger partial charge is 0.129 e. The molecule has 4 N–H and O–H groups in total. The molecule has 0 aliphatic heterocycles. The van der Waals surface area contributed by atoms with Gasteiger partial charge in [-0.3, -0.25) is 0 Å². The number of phenolic OH excluding ortho intramolecular Hbond substituents is 1. The molecule has 1 rings (SSSR count). The van der Waals surface area contributed by atoms with Crippen LogP contribution in [-0.2, 0) is 6.54 Å². The second kappa shape index (κ2) is 6.68. The van der Waals surface area contributed by atoms with E-state index in [4.69, 9.17) is 13.3 Å². The molecule has 0 saturated heterocycles. The van der Waals surface area contributed by atoms with Crippen LogP contribution in [-0.4, -0.2) is 25.8 Å². The summed E-state index contributed by atoms with van der Waals surface area (Å²) in [4.78, 5) is 0. The highest BCUT2D eigenvalue weighted by Gasteiger charge is 2.05. The minimum atomic E-state index is -0.636. The topological polar surface area (TPSA) is 58.3 Å². The fourth-order valence-corrected chi connectivity index (χ4v) is 2.57. The highest BCUT2D eigenvalue weighted by atomic mass is 127. The molecule has 0 saturated carbocycles. The third kappa shape index (κ3) is 4.27. The van der Waals surface area contributed by atoms with Gasteiger partial charge in [-0.15, -0.1) is 0 Å². The second-order valence-electron chi connectivity index (χ2n) is 3.09. The normalized spacial score (nSPS) is 12.7. The Morgan fingerprint density at radius 2 is 2.27 bits per heavy atom. The largest absolute Gasteiger partial charge is 0.508 e. The first kappa shape index (κ1) is 13.2. The van der Waals surface area contributed by atoms with Crippen molar-refractivity contribution in [2.45, 2.75) is 6.54 Å². The fraction of sp³-hybridized carbons (Fsp3) is 0.333. The van der Waals surface area contributed by atoms with Crippen molar-refractivity contribution in [3.8, 4) is 5.75 Å². The van der Waals surface area contributed by atoms with Crippen molar-refractivity contribution in [1.82, 2.24) is 5.32 Å². The van der Waals surface area contributed by atoms with E-state index in [0.29, 0.717) is 18.8 Å². The lowest BCUT2D eigenvalue weighted by atomic mass is 10.2. The molecule has 0 fully saturated rings. The Bertz CT molecular complexity index is 325. The van der Waals surface area contributed by atoms with Crippen molar-refractivity contribution in [3.63, 3.8) is 0 Å². The maximum absolute atomic E-state index is 9.61. The van der Waals surface area contributed by atoms with Gasteiger partial charge in [0.25, 0.3) is 0 Å². The second-order valence-corrected chi connectivity index (χ2v) is 7.35. The standard InChI is InChI=1S/C9H13BIN2OP/c10-15(11)8-1-2-9(14)7(5-8)6-13-4-3-12/h1-2,5,13-14H,3-4,6,12H2. The lowest BCUT2D eigenvalue weighted by Gasteiger charge is -2.10. The number of aromatic hydroxyl groups is 1. The summed E-state index contributed by atoms with van der Waals surface area (Å²) in [5.41, 5.74) is 5.60. The maximum atomic E-state index is 9.61. The highest BCUT2D eigenvalue weighted by Crippen LogP contribution is 2.38. The van der Waals surface area contributed by atoms with Gasteiger partial charge in [-0.05, 0) is 17.4 Å². The summed E-state index contributed by atoms with van der Waals surface area (Å²) in [5, 5.41) is 13.8. The third-order valence-corrected chi connectivity index (χ3v) is 4.39. The van der Waals surface area contributed by atoms with Crippen molar-refractivity contribution in [1.29, 1.82) is 0 Å². The molecule has 1 atom stereocenters. The summed E-state index contributed by atoms with van der Waals surface area (Å²) < 4.78 is 0. The zero-order valence-corrected chi connectivity index (χ0v) is 11.3. The summed E-state index contributed by atoms with van der Waals surface area (Å²) in [6.45, 7) is 1.96. The van der Waals surface area contributed by atoms with Gasteiger partial charge in [-0.2, -0.15) is 0 Å². The third-order valence-electron chi connectivity index (χ3n) is 1.95. The van der Waals surface area contributed by atoms with Gasteiger partial charge in [0.1, 0.15) is 13.3 Å². The van der Waals surface area contributed by atoms with Crippen molar-refractivity contribution in [3.05, 3.63) is 23.8 Å².